The maximum Gasteiger partial charge on any atom is 0.249 e. The quantitative estimate of drug-likeness (QED) is 0.420. The molecule has 0 radical (unpaired) electrons. The number of aliphatic hydroxyl groups excluding tert-OH is 1. The van der Waals surface area contributed by atoms with Crippen molar-refractivity contribution in [3.8, 4) is 0 Å². The second-order valence-corrected chi connectivity index (χ2v) is 14.9. The van der Waals surface area contributed by atoms with Crippen LogP contribution in [0.3, 0.4) is 0 Å². The third kappa shape index (κ3) is 5.28. The Morgan fingerprint density at radius 1 is 0.976 bits per heavy atom. The van der Waals surface area contributed by atoms with E-state index in [2.05, 4.69) is 34.6 Å². The maximum absolute atomic E-state index is 14.9. The second-order valence-electron chi connectivity index (χ2n) is 14.9. The molecule has 230 valence electrons. The van der Waals surface area contributed by atoms with E-state index in [4.69, 9.17) is 4.74 Å². The van der Waals surface area contributed by atoms with E-state index in [1.807, 2.05) is 61.8 Å². The number of amides is 3. The van der Waals surface area contributed by atoms with Gasteiger partial charge in [-0.25, -0.2) is 0 Å². The summed E-state index contributed by atoms with van der Waals surface area (Å²) in [6.07, 6.45) is 10.5. The fraction of sp³-hybridized carbons (Fsp3) is 0.788. The zero-order valence-corrected chi connectivity index (χ0v) is 26.8. The predicted molar refractivity (Wildman–Crippen MR) is 160 cm³/mol. The van der Waals surface area contributed by atoms with Gasteiger partial charge in [0.1, 0.15) is 11.6 Å². The Hall–Kier alpha value is -2.19. The first-order chi connectivity index (χ1) is 19.1. The molecule has 4 heterocycles. The Morgan fingerprint density at radius 2 is 1.63 bits per heavy atom. The largest absolute Gasteiger partial charge is 0.394 e. The van der Waals surface area contributed by atoms with Crippen molar-refractivity contribution in [2.24, 2.45) is 23.2 Å². The van der Waals surface area contributed by atoms with Gasteiger partial charge in [-0.2, -0.15) is 0 Å². The predicted octanol–water partition coefficient (Wildman–Crippen LogP) is 4.18. The molecule has 1 unspecified atom stereocenters. The first kappa shape index (κ1) is 31.7. The van der Waals surface area contributed by atoms with Crippen LogP contribution in [0.15, 0.2) is 24.3 Å². The molecular weight excluding hydrogens is 518 g/mol. The van der Waals surface area contributed by atoms with Crippen molar-refractivity contribution in [3.63, 3.8) is 0 Å². The summed E-state index contributed by atoms with van der Waals surface area (Å²) < 4.78 is 7.09. The van der Waals surface area contributed by atoms with Crippen LogP contribution in [-0.4, -0.2) is 92.6 Å². The summed E-state index contributed by atoms with van der Waals surface area (Å²) in [6, 6.07) is -1.52. The highest BCUT2D eigenvalue weighted by molar-refractivity contribution is 6.00. The van der Waals surface area contributed by atoms with E-state index in [1.165, 1.54) is 0 Å². The Kier molecular flexibility index (Phi) is 8.63. The fourth-order valence-electron chi connectivity index (χ4n) is 8.37. The molecule has 1 spiro atoms. The molecule has 0 bridgehead atoms. The van der Waals surface area contributed by atoms with Crippen molar-refractivity contribution in [3.05, 3.63) is 24.3 Å². The Labute approximate surface area is 247 Å². The Morgan fingerprint density at radius 3 is 2.20 bits per heavy atom. The van der Waals surface area contributed by atoms with Crippen molar-refractivity contribution in [2.75, 3.05) is 26.2 Å². The van der Waals surface area contributed by atoms with Gasteiger partial charge >= 0.3 is 0 Å². The molecule has 0 aromatic carbocycles. The van der Waals surface area contributed by atoms with E-state index >= 15 is 0 Å². The number of rotatable bonds is 9. The lowest BCUT2D eigenvalue weighted by Gasteiger charge is -2.46. The molecule has 1 N–H and O–H groups in total. The van der Waals surface area contributed by atoms with Gasteiger partial charge in [0.05, 0.1) is 30.1 Å². The average Bonchev–Trinajstić information content (AvgIpc) is 3.16. The van der Waals surface area contributed by atoms with Gasteiger partial charge < -0.3 is 24.5 Å². The summed E-state index contributed by atoms with van der Waals surface area (Å²) >= 11 is 0. The Bertz CT molecular complexity index is 1090. The number of likely N-dealkylation sites (tertiary alicyclic amines) is 1. The minimum Gasteiger partial charge on any atom is -0.394 e. The summed E-state index contributed by atoms with van der Waals surface area (Å²) in [4.78, 5) is 49.2. The zero-order valence-electron chi connectivity index (χ0n) is 26.8. The first-order valence-electron chi connectivity index (χ1n) is 15.7. The molecule has 3 amide bonds. The van der Waals surface area contributed by atoms with Crippen molar-refractivity contribution in [1.29, 1.82) is 0 Å². The van der Waals surface area contributed by atoms with E-state index in [-0.39, 0.29) is 35.7 Å². The van der Waals surface area contributed by atoms with E-state index in [9.17, 15) is 19.5 Å². The lowest BCUT2D eigenvalue weighted by Crippen LogP contribution is -2.62. The number of hydrogen-bond acceptors (Lipinski definition) is 5. The van der Waals surface area contributed by atoms with Gasteiger partial charge in [0.15, 0.2) is 0 Å². The van der Waals surface area contributed by atoms with Crippen molar-refractivity contribution in [2.45, 2.75) is 117 Å². The molecule has 0 aromatic heterocycles. The number of carbonyl (C=O) groups is 3. The van der Waals surface area contributed by atoms with Gasteiger partial charge in [-0.1, -0.05) is 72.8 Å². The van der Waals surface area contributed by atoms with Crippen LogP contribution in [0.5, 0.6) is 0 Å². The van der Waals surface area contributed by atoms with Gasteiger partial charge in [-0.3, -0.25) is 14.4 Å². The monoisotopic (exact) mass is 571 g/mol. The van der Waals surface area contributed by atoms with E-state index in [0.29, 0.717) is 32.5 Å². The highest BCUT2D eigenvalue weighted by atomic mass is 16.5. The van der Waals surface area contributed by atoms with Crippen molar-refractivity contribution in [1.82, 2.24) is 14.7 Å². The number of ether oxygens (including phenoxy) is 1. The number of carbonyl (C=O) groups excluding carboxylic acids is 3. The molecule has 4 aliphatic heterocycles. The highest BCUT2D eigenvalue weighted by Crippen LogP contribution is 2.59. The van der Waals surface area contributed by atoms with Gasteiger partial charge in [-0.05, 0) is 50.9 Å². The number of aliphatic hydroxyl groups is 1. The summed E-state index contributed by atoms with van der Waals surface area (Å²) in [5.74, 6) is -1.93. The SMILES string of the molecule is CCCN1CC=C[C@@]2(CC)O[C@]34C=CCN(C(C)(C)CC(C)(C)C)C(=O)C3N([C@@H](CO)CC(C)C)C(=O)[C@@H]4[C@H]2C1=O. The minimum atomic E-state index is -1.30. The normalized spacial score (nSPS) is 32.8. The summed E-state index contributed by atoms with van der Waals surface area (Å²) in [5.41, 5.74) is -2.82. The lowest BCUT2D eigenvalue weighted by molar-refractivity contribution is -0.160. The van der Waals surface area contributed by atoms with E-state index in [1.54, 1.807) is 4.90 Å². The number of hydrogen-bond donors (Lipinski definition) is 1. The molecule has 4 aliphatic rings. The minimum absolute atomic E-state index is 0.0280. The van der Waals surface area contributed by atoms with Crippen LogP contribution in [0, 0.1) is 23.2 Å². The maximum atomic E-state index is 14.9. The molecule has 0 saturated carbocycles. The number of nitrogens with zero attached hydrogens (tertiary/aromatic N) is 3. The van der Waals surface area contributed by atoms with Crippen LogP contribution >= 0.6 is 0 Å². The fourth-order valence-corrected chi connectivity index (χ4v) is 8.37. The molecule has 8 heteroatoms. The zero-order chi connectivity index (χ0) is 30.5. The Balaban J connectivity index is 1.91. The molecule has 0 aliphatic carbocycles. The molecule has 0 aromatic rings. The van der Waals surface area contributed by atoms with Crippen LogP contribution in [0.25, 0.3) is 0 Å². The molecule has 2 fully saturated rings. The van der Waals surface area contributed by atoms with E-state index in [0.717, 1.165) is 12.8 Å². The van der Waals surface area contributed by atoms with E-state index < -0.39 is 40.7 Å². The summed E-state index contributed by atoms with van der Waals surface area (Å²) in [5, 5.41) is 10.6. The molecule has 8 nitrogen and oxygen atoms in total. The molecule has 2 saturated heterocycles. The lowest BCUT2D eigenvalue weighted by atomic mass is 9.72. The summed E-state index contributed by atoms with van der Waals surface area (Å²) in [7, 11) is 0. The topological polar surface area (TPSA) is 90.4 Å². The van der Waals surface area contributed by atoms with Crippen LogP contribution in [0.1, 0.15) is 88.0 Å². The van der Waals surface area contributed by atoms with Crippen molar-refractivity contribution < 1.29 is 24.2 Å². The standard InChI is InChI=1S/C33H53N3O5/c1-10-16-34-17-12-14-32(11-2)24(27(34)38)25-28(39)36(23(20-37)19-22(3)4)26-29(40)35(18-13-15-33(25,26)41-32)31(8,9)21-30(5,6)7/h12-15,22-26,37H,10-11,16-21H2,1-9H3/t23-,24+,25+,26?,32-,33+/m1/s1. The molecule has 6 atom stereocenters. The van der Waals surface area contributed by atoms with Crippen LogP contribution in [-0.2, 0) is 19.1 Å². The smallest absolute Gasteiger partial charge is 0.249 e. The van der Waals surface area contributed by atoms with Crippen LogP contribution < -0.4 is 0 Å². The molecule has 4 rings (SSSR count). The molecular formula is C33H53N3O5. The average molecular weight is 572 g/mol. The van der Waals surface area contributed by atoms with Gasteiger partial charge in [0.25, 0.3) is 0 Å². The third-order valence-electron chi connectivity index (χ3n) is 9.50. The number of fused-ring (bicyclic) bond motifs is 2. The van der Waals surface area contributed by atoms with Gasteiger partial charge in [0, 0.05) is 25.2 Å². The summed E-state index contributed by atoms with van der Waals surface area (Å²) in [6.45, 7) is 20.0. The van der Waals surface area contributed by atoms with Crippen molar-refractivity contribution >= 4 is 17.7 Å². The highest BCUT2D eigenvalue weighted by Gasteiger charge is 2.76. The second kappa shape index (κ2) is 11.1. The first-order valence-corrected chi connectivity index (χ1v) is 15.7. The van der Waals surface area contributed by atoms with Crippen LogP contribution in [0.2, 0.25) is 0 Å². The third-order valence-corrected chi connectivity index (χ3v) is 9.50. The van der Waals surface area contributed by atoms with Gasteiger partial charge in [-0.15, -0.1) is 0 Å². The van der Waals surface area contributed by atoms with Gasteiger partial charge in [0.2, 0.25) is 17.7 Å². The van der Waals surface area contributed by atoms with Crippen LogP contribution in [0.4, 0.5) is 0 Å². The molecule has 41 heavy (non-hydrogen) atoms.